The number of nitrogens with two attached hydrogens (primary N) is 2. The first-order valence-corrected chi connectivity index (χ1v) is 49.1. The third-order valence-corrected chi connectivity index (χ3v) is 19.6. The second-order valence-corrected chi connectivity index (χ2v) is 43.5. The summed E-state index contributed by atoms with van der Waals surface area (Å²) < 4.78 is 61.3. The van der Waals surface area contributed by atoms with Gasteiger partial charge in [0.05, 0.1) is 13.2 Å². The Kier molecular flexibility index (Phi) is 58.9. The molecule has 35 nitrogen and oxygen atoms in total. The molecule has 0 radical (unpaired) electrons. The van der Waals surface area contributed by atoms with Gasteiger partial charge in [-0.2, -0.15) is 0 Å². The molecule has 0 bridgehead atoms. The number of rotatable bonds is 27. The summed E-state index contributed by atoms with van der Waals surface area (Å²) in [5, 5.41) is 0. The highest BCUT2D eigenvalue weighted by molar-refractivity contribution is 5.81. The summed E-state index contributed by atoms with van der Waals surface area (Å²) in [4.78, 5) is 161. The van der Waals surface area contributed by atoms with Gasteiger partial charge in [-0.3, -0.25) is 9.80 Å². The van der Waals surface area contributed by atoms with Crippen LogP contribution in [0, 0.1) is 12.8 Å². The van der Waals surface area contributed by atoms with Crippen molar-refractivity contribution in [3.05, 3.63) is 96.1 Å². The van der Waals surface area contributed by atoms with Crippen molar-refractivity contribution in [3.63, 3.8) is 0 Å². The number of nitrogens with zero attached hydrogens (tertiary/aromatic N) is 11. The number of hydrogen-bond donors (Lipinski definition) is 2. The van der Waals surface area contributed by atoms with Gasteiger partial charge < -0.3 is 108 Å². The van der Waals surface area contributed by atoms with Crippen LogP contribution in [0.1, 0.15) is 287 Å². The predicted molar refractivity (Wildman–Crippen MR) is 549 cm³/mol. The summed E-state index contributed by atoms with van der Waals surface area (Å²) in [6.45, 7) is 67.4. The number of unbranched alkanes of at least 4 members (excludes halogenated alkanes) is 3. The second-order valence-electron chi connectivity index (χ2n) is 43.5. The summed E-state index contributed by atoms with van der Waals surface area (Å²) in [5.41, 5.74) is 9.36. The van der Waals surface area contributed by atoms with E-state index in [1.807, 2.05) is 223 Å². The first kappa shape index (κ1) is 130. The van der Waals surface area contributed by atoms with E-state index < -0.39 is 99.2 Å². The fraction of sp³-hybridized carbons (Fsp3) is 0.724. The number of carbonyl (C=O) groups is 11. The van der Waals surface area contributed by atoms with Crippen LogP contribution in [0.15, 0.2) is 73.8 Å². The Morgan fingerprint density at radius 1 is 0.293 bits per heavy atom. The van der Waals surface area contributed by atoms with E-state index >= 15 is 0 Å². The maximum atomic E-state index is 13.6. The van der Waals surface area contributed by atoms with Crippen molar-refractivity contribution in [1.82, 2.24) is 53.9 Å². The first-order chi connectivity index (χ1) is 64.4. The number of terminal acetylenes is 1. The van der Waals surface area contributed by atoms with E-state index in [0.29, 0.717) is 202 Å². The Morgan fingerprint density at radius 2 is 0.500 bits per heavy atom. The van der Waals surface area contributed by atoms with Crippen LogP contribution in [0.3, 0.4) is 0 Å². The number of carbonyl (C=O) groups excluding carboxylic acids is 11. The number of esters is 2. The Bertz CT molecular complexity index is 4000. The van der Waals surface area contributed by atoms with E-state index in [2.05, 4.69) is 47.9 Å². The number of ether oxygens (including phenoxy) is 11. The van der Waals surface area contributed by atoms with Gasteiger partial charge in [-0.05, 0) is 293 Å². The second kappa shape index (κ2) is 63.6. The van der Waals surface area contributed by atoms with Gasteiger partial charge in [0.15, 0.2) is 0 Å². The quantitative estimate of drug-likeness (QED) is 0.0276. The molecule has 800 valence electrons. The average molecular weight is 1980 g/mol. The molecule has 2 aliphatic rings. The molecule has 2 saturated heterocycles. The van der Waals surface area contributed by atoms with Crippen LogP contribution >= 0.6 is 0 Å². The van der Waals surface area contributed by atoms with Crippen LogP contribution in [0.25, 0.3) is 0 Å². The zero-order valence-corrected chi connectivity index (χ0v) is 90.0. The van der Waals surface area contributed by atoms with Crippen molar-refractivity contribution in [2.24, 2.45) is 11.5 Å². The van der Waals surface area contributed by atoms with Gasteiger partial charge in [-0.15, -0.1) is 12.8 Å². The summed E-state index contributed by atoms with van der Waals surface area (Å²) in [6.07, 6.45) is 13.8. The SMILES string of the molecule is C.C#C.C=CC(=O)OCCCCCCOC(=O)C=C.CC(C)(C)OC(=O)N(CCCN)CCCN(Cc1ccc(CN2CCCN(C(=O)OC(C)(C)C)CCN(C(=O)OC(C)(C)C)CCCN(C(=O)OC(C)(C)C)CC2)cc1)C(=O)OC(C)(C)C.CC(C)(C)OC(=O)N1CCCN(C(=O)OC(C)(C)C)CCN(C(=O)OC(C)(C)C)CCCN(Cc2ccc(CN(CCCN)C(=O)OC(C)(C)C)cc2)CC1. The molecule has 2 fully saturated rings. The van der Waals surface area contributed by atoms with Gasteiger partial charge in [0.25, 0.3) is 0 Å². The molecule has 2 aromatic carbocycles. The lowest BCUT2D eigenvalue weighted by Gasteiger charge is -2.34. The van der Waals surface area contributed by atoms with Crippen LogP contribution in [0.5, 0.6) is 0 Å². The summed E-state index contributed by atoms with van der Waals surface area (Å²) in [6, 6.07) is 16.2. The smallest absolute Gasteiger partial charge is 0.410 e. The third-order valence-electron chi connectivity index (χ3n) is 19.6. The Hall–Kier alpha value is -10.3. The van der Waals surface area contributed by atoms with E-state index in [4.69, 9.17) is 63.6 Å². The monoisotopic (exact) mass is 1980 g/mol. The third kappa shape index (κ3) is 63.5. The molecule has 2 aromatic rings. The minimum absolute atomic E-state index is 0. The molecule has 0 atom stereocenters. The van der Waals surface area contributed by atoms with Gasteiger partial charge in [0.2, 0.25) is 0 Å². The van der Waals surface area contributed by atoms with Crippen LogP contribution < -0.4 is 11.5 Å². The highest BCUT2D eigenvalue weighted by atomic mass is 16.6. The minimum atomic E-state index is -0.715. The molecule has 9 amide bonds. The maximum Gasteiger partial charge on any atom is 0.410 e. The molecule has 140 heavy (non-hydrogen) atoms. The van der Waals surface area contributed by atoms with Gasteiger partial charge >= 0.3 is 66.8 Å². The number of hydrogen-bond acceptors (Lipinski definition) is 26. The number of benzene rings is 2. The Labute approximate surface area is 840 Å². The molecule has 0 unspecified atom stereocenters. The lowest BCUT2D eigenvalue weighted by atomic mass is 10.1. The van der Waals surface area contributed by atoms with E-state index in [9.17, 15) is 52.7 Å². The fourth-order valence-electron chi connectivity index (χ4n) is 13.4. The summed E-state index contributed by atoms with van der Waals surface area (Å²) >= 11 is 0. The zero-order chi connectivity index (χ0) is 106. The molecular formula is C105H183N13O22. The van der Waals surface area contributed by atoms with Crippen molar-refractivity contribution in [2.75, 3.05) is 157 Å². The van der Waals surface area contributed by atoms with Crippen molar-refractivity contribution in [1.29, 1.82) is 0 Å². The molecule has 4 rings (SSSR count). The first-order valence-electron chi connectivity index (χ1n) is 49.1. The normalized spacial score (nSPS) is 14.8. The van der Waals surface area contributed by atoms with E-state index in [0.717, 1.165) is 60.1 Å². The van der Waals surface area contributed by atoms with E-state index in [1.54, 1.807) is 44.1 Å². The van der Waals surface area contributed by atoms with E-state index in [1.165, 1.54) is 0 Å². The molecule has 0 saturated carbocycles. The van der Waals surface area contributed by atoms with Crippen molar-refractivity contribution >= 4 is 66.8 Å². The molecule has 4 N–H and O–H groups in total. The highest BCUT2D eigenvalue weighted by Gasteiger charge is 2.34. The summed E-state index contributed by atoms with van der Waals surface area (Å²) in [7, 11) is 0. The van der Waals surface area contributed by atoms with Gasteiger partial charge in [0.1, 0.15) is 50.4 Å². The van der Waals surface area contributed by atoms with Crippen LogP contribution in [-0.4, -0.2) is 328 Å². The topological polar surface area (TPSA) is 377 Å². The Balaban J connectivity index is 0.00000235. The average Bonchev–Trinajstić information content (AvgIpc) is 0.878. The van der Waals surface area contributed by atoms with Crippen LogP contribution in [0.4, 0.5) is 43.2 Å². The van der Waals surface area contributed by atoms with Crippen LogP contribution in [0.2, 0.25) is 0 Å². The lowest BCUT2D eigenvalue weighted by Crippen LogP contribution is -2.47. The standard InChI is InChI=1S/C49H87N7O10.C41H72N6O8.C12H18O4.C2H2.CH4/c1-45(2,3)62-40(57)52(26-16-24-50)28-19-31-56(44(61)66-49(13,14)15)37-39-22-20-38(21-23-39)36-51-25-17-27-54(42(59)64-47(7,8)9)34-35-55(43(60)65-48(10,11)12)30-18-29-53(33-32-51)41(58)63-46(4,5)6;1-38(2,3)52-34(48)44-24-15-25-46(36(50)54-40(7,8)9)29-28-45(35(49)53-39(4,5)6)23-14-21-43(26-27-44)30-32-16-18-33(19-17-32)31-47(22-13-20-42)37(51)55-41(10,11)12;1-3-11(13)15-9-7-5-6-8-10-16-12(14)4-2;1-2;/h20-23H,16-19,24-37,50H2,1-15H3;16-19H,13-15,20-31,42H2,1-12H3;3-4H,1-2,5-10H2;1-2H;1H4. The van der Waals surface area contributed by atoms with Crippen LogP contribution in [-0.2, 0) is 87.9 Å². The van der Waals surface area contributed by atoms with Crippen molar-refractivity contribution < 1.29 is 105 Å². The lowest BCUT2D eigenvalue weighted by molar-refractivity contribution is -0.139. The summed E-state index contributed by atoms with van der Waals surface area (Å²) in [5.74, 6) is -0.778. The maximum absolute atomic E-state index is 13.6. The van der Waals surface area contributed by atoms with Gasteiger partial charge in [-0.25, -0.2) is 52.7 Å². The fourth-order valence-corrected chi connectivity index (χ4v) is 13.4. The molecule has 0 aromatic heterocycles. The molecule has 35 heteroatoms. The molecule has 0 spiro atoms. The highest BCUT2D eigenvalue weighted by Crippen LogP contribution is 2.25. The predicted octanol–water partition coefficient (Wildman–Crippen LogP) is 18.7. The van der Waals surface area contributed by atoms with Gasteiger partial charge in [0, 0.05) is 169 Å². The number of amides is 9. The molecule has 0 aliphatic carbocycles. The van der Waals surface area contributed by atoms with Gasteiger partial charge in [-0.1, -0.05) is 69.1 Å². The molecule has 2 heterocycles. The zero-order valence-electron chi connectivity index (χ0n) is 90.0. The Morgan fingerprint density at radius 3 is 0.736 bits per heavy atom. The molecule has 2 aliphatic heterocycles. The van der Waals surface area contributed by atoms with E-state index in [-0.39, 0.29) is 51.6 Å². The van der Waals surface area contributed by atoms with Crippen molar-refractivity contribution in [3.8, 4) is 12.8 Å². The largest absolute Gasteiger partial charge is 0.463 e. The molecular weight excluding hydrogens is 1800 g/mol. The minimum Gasteiger partial charge on any atom is -0.463 e. The van der Waals surface area contributed by atoms with Crippen molar-refractivity contribution in [2.45, 2.75) is 342 Å².